The molecule has 1 N–H and O–H groups in total. The van der Waals surface area contributed by atoms with E-state index >= 15 is 0 Å². The van der Waals surface area contributed by atoms with Gasteiger partial charge in [-0.05, 0) is 61.6 Å². The van der Waals surface area contributed by atoms with Crippen molar-refractivity contribution in [3.05, 3.63) is 35.4 Å². The molecule has 0 saturated heterocycles. The number of benzene rings is 1. The number of ether oxygens (including phenoxy) is 1. The van der Waals surface area contributed by atoms with Gasteiger partial charge in [-0.15, -0.1) is 0 Å². The van der Waals surface area contributed by atoms with Gasteiger partial charge in [0.2, 0.25) is 0 Å². The van der Waals surface area contributed by atoms with E-state index in [4.69, 9.17) is 5.11 Å². The van der Waals surface area contributed by atoms with E-state index in [-0.39, 0.29) is 18.9 Å². The number of hydrogen-bond acceptors (Lipinski definition) is 5. The van der Waals surface area contributed by atoms with Crippen molar-refractivity contribution in [1.82, 2.24) is 0 Å². The second-order valence-corrected chi connectivity index (χ2v) is 9.44. The molecule has 144 valence electrons. The summed E-state index contributed by atoms with van der Waals surface area (Å²) < 4.78 is 27.2. The highest BCUT2D eigenvalue weighted by atomic mass is 32.2. The van der Waals surface area contributed by atoms with Gasteiger partial charge in [0.1, 0.15) is 0 Å². The molecule has 0 aliphatic heterocycles. The van der Waals surface area contributed by atoms with Crippen LogP contribution in [0.5, 0.6) is 0 Å². The smallest absolute Gasteiger partial charge is 0.326 e. The van der Waals surface area contributed by atoms with Crippen molar-refractivity contribution in [2.75, 3.05) is 20.0 Å². The summed E-state index contributed by atoms with van der Waals surface area (Å²) in [5, 5.41) is 8.96. The molecule has 1 aromatic carbocycles. The maximum atomic E-state index is 12.0. The molecule has 0 radical (unpaired) electrons. The monoisotopic (exact) mass is 388 g/mol. The summed E-state index contributed by atoms with van der Waals surface area (Å²) in [6.45, 7) is 1.58. The van der Waals surface area contributed by atoms with E-state index in [0.29, 0.717) is 12.3 Å². The molecule has 3 atom stereocenters. The zero-order chi connectivity index (χ0) is 20.1. The average molecular weight is 388 g/mol. The Hall–Kier alpha value is -2.28. The molecule has 2 rings (SSSR count). The van der Waals surface area contributed by atoms with E-state index < -0.39 is 20.6 Å². The molecule has 0 bridgehead atoms. The quantitative estimate of drug-likeness (QED) is 0.591. The van der Waals surface area contributed by atoms with Crippen LogP contribution in [0.4, 0.5) is 0 Å². The van der Waals surface area contributed by atoms with E-state index in [1.807, 2.05) is 24.3 Å². The number of aryl methyl sites for hydroxylation is 1. The number of carbonyl (C=O) groups is 1. The number of hydrogen-bond donors (Lipinski definition) is 1. The molecule has 1 aliphatic rings. The SMILES string of the molecule is COC(=O)C(C)(CCc1ccc(C#CC#CC2CC2CO)cc1)S(C)(=O)=O. The van der Waals surface area contributed by atoms with Gasteiger partial charge in [0, 0.05) is 24.3 Å². The van der Waals surface area contributed by atoms with Crippen molar-refractivity contribution in [3.63, 3.8) is 0 Å². The summed E-state index contributed by atoms with van der Waals surface area (Å²) in [7, 11) is -2.41. The first-order valence-electron chi connectivity index (χ1n) is 8.70. The Balaban J connectivity index is 1.98. The molecule has 6 heteroatoms. The van der Waals surface area contributed by atoms with Gasteiger partial charge in [-0.3, -0.25) is 4.79 Å². The molecule has 1 saturated carbocycles. The number of esters is 1. The second-order valence-electron chi connectivity index (χ2n) is 7.00. The fourth-order valence-corrected chi connectivity index (χ4v) is 3.51. The number of carbonyl (C=O) groups excluding carboxylic acids is 1. The second kappa shape index (κ2) is 8.61. The average Bonchev–Trinajstić information content (AvgIpc) is 3.41. The highest BCUT2D eigenvalue weighted by Gasteiger charge is 2.44. The zero-order valence-electron chi connectivity index (χ0n) is 15.8. The van der Waals surface area contributed by atoms with Crippen LogP contribution in [-0.4, -0.2) is 44.2 Å². The van der Waals surface area contributed by atoms with Crippen LogP contribution in [0.15, 0.2) is 24.3 Å². The summed E-state index contributed by atoms with van der Waals surface area (Å²) in [5.74, 6) is 11.4. The van der Waals surface area contributed by atoms with Crippen LogP contribution in [0.25, 0.3) is 0 Å². The van der Waals surface area contributed by atoms with Crippen LogP contribution in [-0.2, 0) is 25.8 Å². The highest BCUT2D eigenvalue weighted by molar-refractivity contribution is 7.92. The summed E-state index contributed by atoms with van der Waals surface area (Å²) >= 11 is 0. The third kappa shape index (κ3) is 5.35. The van der Waals surface area contributed by atoms with E-state index in [1.54, 1.807) is 0 Å². The molecule has 27 heavy (non-hydrogen) atoms. The number of methoxy groups -OCH3 is 1. The van der Waals surface area contributed by atoms with Crippen molar-refractivity contribution in [1.29, 1.82) is 0 Å². The van der Waals surface area contributed by atoms with Crippen molar-refractivity contribution in [2.24, 2.45) is 11.8 Å². The van der Waals surface area contributed by atoms with Gasteiger partial charge >= 0.3 is 5.97 Å². The third-order valence-corrected chi connectivity index (χ3v) is 6.97. The fraction of sp³-hybridized carbons (Fsp3) is 0.476. The Labute approximate surface area is 161 Å². The van der Waals surface area contributed by atoms with Crippen molar-refractivity contribution in [2.45, 2.75) is 30.9 Å². The summed E-state index contributed by atoms with van der Waals surface area (Å²) in [5.41, 5.74) is 1.72. The van der Waals surface area contributed by atoms with Gasteiger partial charge in [0.25, 0.3) is 0 Å². The van der Waals surface area contributed by atoms with Gasteiger partial charge in [-0.2, -0.15) is 0 Å². The summed E-state index contributed by atoms with van der Waals surface area (Å²) in [4.78, 5) is 11.9. The van der Waals surface area contributed by atoms with E-state index in [0.717, 1.165) is 23.8 Å². The van der Waals surface area contributed by atoms with Crippen molar-refractivity contribution < 1.29 is 23.1 Å². The first-order chi connectivity index (χ1) is 12.7. The Morgan fingerprint density at radius 1 is 1.30 bits per heavy atom. The standard InChI is InChI=1S/C21H24O5S/c1-21(20(23)26-2,27(3,24)25)13-12-17-10-8-16(9-11-17)6-4-5-7-18-14-19(18)15-22/h8-11,18-19,22H,12-15H2,1-3H3. The number of rotatable bonds is 6. The predicted molar refractivity (Wildman–Crippen MR) is 103 cm³/mol. The van der Waals surface area contributed by atoms with Crippen molar-refractivity contribution in [3.8, 4) is 23.7 Å². The minimum atomic E-state index is -3.60. The number of aliphatic hydroxyl groups excluding tert-OH is 1. The maximum absolute atomic E-state index is 12.0. The number of aliphatic hydroxyl groups is 1. The summed E-state index contributed by atoms with van der Waals surface area (Å²) in [6, 6.07) is 7.40. The predicted octanol–water partition coefficient (Wildman–Crippen LogP) is 1.58. The lowest BCUT2D eigenvalue weighted by molar-refractivity contribution is -0.143. The largest absolute Gasteiger partial charge is 0.468 e. The Kier molecular flexibility index (Phi) is 6.70. The van der Waals surface area contributed by atoms with Crippen LogP contribution in [0.1, 0.15) is 30.9 Å². The summed E-state index contributed by atoms with van der Waals surface area (Å²) in [6.07, 6.45) is 2.56. The normalized spacial score (nSPS) is 20.3. The van der Waals surface area contributed by atoms with Crippen LogP contribution < -0.4 is 0 Å². The molecule has 0 amide bonds. The van der Waals surface area contributed by atoms with Gasteiger partial charge in [-0.25, -0.2) is 8.42 Å². The molecule has 1 aliphatic carbocycles. The first kappa shape index (κ1) is 21.0. The minimum absolute atomic E-state index is 0.141. The molecular formula is C21H24O5S. The van der Waals surface area contributed by atoms with E-state index in [1.165, 1.54) is 14.0 Å². The van der Waals surface area contributed by atoms with E-state index in [9.17, 15) is 13.2 Å². The lowest BCUT2D eigenvalue weighted by Crippen LogP contribution is -2.44. The fourth-order valence-electron chi connectivity index (χ4n) is 2.65. The van der Waals surface area contributed by atoms with Crippen LogP contribution in [0.3, 0.4) is 0 Å². The van der Waals surface area contributed by atoms with Crippen LogP contribution in [0.2, 0.25) is 0 Å². The number of sulfone groups is 1. The molecule has 5 nitrogen and oxygen atoms in total. The van der Waals surface area contributed by atoms with E-state index in [2.05, 4.69) is 28.4 Å². The molecule has 1 fully saturated rings. The molecule has 0 heterocycles. The van der Waals surface area contributed by atoms with Crippen LogP contribution >= 0.6 is 0 Å². The Morgan fingerprint density at radius 3 is 2.48 bits per heavy atom. The molecule has 3 unspecified atom stereocenters. The first-order valence-corrected chi connectivity index (χ1v) is 10.6. The van der Waals surface area contributed by atoms with Gasteiger partial charge < -0.3 is 9.84 Å². The third-order valence-electron chi connectivity index (χ3n) is 4.96. The zero-order valence-corrected chi connectivity index (χ0v) is 16.6. The Morgan fingerprint density at radius 2 is 1.96 bits per heavy atom. The lowest BCUT2D eigenvalue weighted by atomic mass is 9.99. The molecule has 0 aromatic heterocycles. The minimum Gasteiger partial charge on any atom is -0.468 e. The van der Waals surface area contributed by atoms with Gasteiger partial charge in [0.15, 0.2) is 14.6 Å². The maximum Gasteiger partial charge on any atom is 0.326 e. The van der Waals surface area contributed by atoms with Crippen LogP contribution in [0, 0.1) is 35.5 Å². The molecule has 1 aromatic rings. The van der Waals surface area contributed by atoms with Gasteiger partial charge in [0.05, 0.1) is 7.11 Å². The molecular weight excluding hydrogens is 364 g/mol. The Bertz CT molecular complexity index is 909. The lowest BCUT2D eigenvalue weighted by Gasteiger charge is -2.24. The van der Waals surface area contributed by atoms with Gasteiger partial charge in [-0.1, -0.05) is 24.0 Å². The highest BCUT2D eigenvalue weighted by Crippen LogP contribution is 2.36. The topological polar surface area (TPSA) is 80.7 Å². The van der Waals surface area contributed by atoms with Crippen molar-refractivity contribution >= 4 is 15.8 Å². The molecule has 0 spiro atoms.